The molecule has 0 radical (unpaired) electrons. The minimum atomic E-state index is -0.600. The van der Waals surface area contributed by atoms with Gasteiger partial charge in [0, 0.05) is 20.3 Å². The maximum atomic E-state index is 11.8. The molecule has 0 aromatic rings. The van der Waals surface area contributed by atoms with Gasteiger partial charge in [0.1, 0.15) is 6.04 Å². The van der Waals surface area contributed by atoms with Crippen molar-refractivity contribution in [2.45, 2.75) is 57.1 Å². The largest absolute Gasteiger partial charge is 0.383 e. The van der Waals surface area contributed by atoms with Crippen molar-refractivity contribution >= 4 is 5.91 Å². The number of amides is 1. The standard InChI is InChI=1S/C14H28N2O3/c1-3-9-19-14(7-5-4-6-8-14)11-16-13(17)12(15)10-18-2/h12H,3-11,15H2,1-2H3,(H,16,17). The zero-order chi connectivity index (χ0) is 14.1. The van der Waals surface area contributed by atoms with E-state index >= 15 is 0 Å². The minimum absolute atomic E-state index is 0.160. The average molecular weight is 272 g/mol. The van der Waals surface area contributed by atoms with Gasteiger partial charge in [-0.15, -0.1) is 0 Å². The van der Waals surface area contributed by atoms with E-state index in [0.717, 1.165) is 25.9 Å². The third kappa shape index (κ3) is 5.47. The second-order valence-electron chi connectivity index (χ2n) is 5.37. The molecule has 1 aliphatic rings. The first-order valence-corrected chi connectivity index (χ1v) is 7.30. The Hall–Kier alpha value is -0.650. The van der Waals surface area contributed by atoms with Crippen LogP contribution in [0.5, 0.6) is 0 Å². The van der Waals surface area contributed by atoms with Gasteiger partial charge in [-0.2, -0.15) is 0 Å². The van der Waals surface area contributed by atoms with Crippen molar-refractivity contribution in [3.05, 3.63) is 0 Å². The number of hydrogen-bond acceptors (Lipinski definition) is 4. The van der Waals surface area contributed by atoms with Crippen molar-refractivity contribution in [3.8, 4) is 0 Å². The van der Waals surface area contributed by atoms with Gasteiger partial charge in [0.25, 0.3) is 0 Å². The van der Waals surface area contributed by atoms with Crippen LogP contribution in [0.2, 0.25) is 0 Å². The first-order chi connectivity index (χ1) is 9.13. The van der Waals surface area contributed by atoms with E-state index in [0.29, 0.717) is 6.54 Å². The molecular weight excluding hydrogens is 244 g/mol. The van der Waals surface area contributed by atoms with Gasteiger partial charge in [-0.05, 0) is 19.3 Å². The second kappa shape index (κ2) is 8.51. The Kier molecular flexibility index (Phi) is 7.34. The number of ether oxygens (including phenoxy) is 2. The van der Waals surface area contributed by atoms with Crippen LogP contribution in [0.25, 0.3) is 0 Å². The van der Waals surface area contributed by atoms with E-state index in [4.69, 9.17) is 15.2 Å². The highest BCUT2D eigenvalue weighted by Crippen LogP contribution is 2.31. The lowest BCUT2D eigenvalue weighted by Crippen LogP contribution is -2.51. The van der Waals surface area contributed by atoms with E-state index in [9.17, 15) is 4.79 Å². The summed E-state index contributed by atoms with van der Waals surface area (Å²) in [6.45, 7) is 3.65. The average Bonchev–Trinajstić information content (AvgIpc) is 2.44. The highest BCUT2D eigenvalue weighted by atomic mass is 16.5. The Balaban J connectivity index is 2.46. The molecule has 112 valence electrons. The molecule has 0 aliphatic heterocycles. The molecule has 0 spiro atoms. The fourth-order valence-electron chi connectivity index (χ4n) is 2.52. The summed E-state index contributed by atoms with van der Waals surface area (Å²) in [6.07, 6.45) is 6.64. The number of carbonyl (C=O) groups is 1. The van der Waals surface area contributed by atoms with Gasteiger partial charge in [-0.3, -0.25) is 4.79 Å². The van der Waals surface area contributed by atoms with E-state index in [1.807, 2.05) is 0 Å². The molecule has 1 amide bonds. The van der Waals surface area contributed by atoms with Crippen LogP contribution in [0.15, 0.2) is 0 Å². The van der Waals surface area contributed by atoms with Crippen LogP contribution >= 0.6 is 0 Å². The normalized spacial score (nSPS) is 19.9. The monoisotopic (exact) mass is 272 g/mol. The van der Waals surface area contributed by atoms with E-state index in [1.54, 1.807) is 7.11 Å². The Bertz CT molecular complexity index is 265. The molecule has 1 unspecified atom stereocenters. The topological polar surface area (TPSA) is 73.6 Å². The molecule has 1 aliphatic carbocycles. The number of methoxy groups -OCH3 is 1. The smallest absolute Gasteiger partial charge is 0.239 e. The minimum Gasteiger partial charge on any atom is -0.383 e. The summed E-state index contributed by atoms with van der Waals surface area (Å²) >= 11 is 0. The van der Waals surface area contributed by atoms with Crippen LogP contribution in [-0.4, -0.2) is 44.4 Å². The molecule has 0 bridgehead atoms. The lowest BCUT2D eigenvalue weighted by atomic mass is 9.84. The summed E-state index contributed by atoms with van der Waals surface area (Å²) in [6, 6.07) is -0.600. The van der Waals surface area contributed by atoms with Gasteiger partial charge in [0.05, 0.1) is 12.2 Å². The SMILES string of the molecule is CCCOC1(CNC(=O)C(N)COC)CCCCC1. The Morgan fingerprint density at radius 1 is 1.37 bits per heavy atom. The molecule has 0 heterocycles. The summed E-state index contributed by atoms with van der Waals surface area (Å²) in [5.74, 6) is -0.160. The zero-order valence-electron chi connectivity index (χ0n) is 12.2. The van der Waals surface area contributed by atoms with Gasteiger partial charge < -0.3 is 20.5 Å². The number of nitrogens with one attached hydrogen (secondary N) is 1. The summed E-state index contributed by atoms with van der Waals surface area (Å²) in [7, 11) is 1.54. The van der Waals surface area contributed by atoms with E-state index in [2.05, 4.69) is 12.2 Å². The van der Waals surface area contributed by atoms with Crippen molar-refractivity contribution in [1.82, 2.24) is 5.32 Å². The zero-order valence-corrected chi connectivity index (χ0v) is 12.2. The lowest BCUT2D eigenvalue weighted by molar-refractivity contribution is -0.126. The lowest BCUT2D eigenvalue weighted by Gasteiger charge is -2.37. The van der Waals surface area contributed by atoms with Crippen LogP contribution in [-0.2, 0) is 14.3 Å². The predicted octanol–water partition coefficient (Wildman–Crippen LogP) is 1.21. The molecule has 1 saturated carbocycles. The van der Waals surface area contributed by atoms with Gasteiger partial charge in [-0.1, -0.05) is 26.2 Å². The van der Waals surface area contributed by atoms with Gasteiger partial charge in [0.2, 0.25) is 5.91 Å². The van der Waals surface area contributed by atoms with E-state index in [-0.39, 0.29) is 18.1 Å². The molecule has 19 heavy (non-hydrogen) atoms. The molecule has 0 aromatic heterocycles. The first-order valence-electron chi connectivity index (χ1n) is 7.30. The highest BCUT2D eigenvalue weighted by molar-refractivity contribution is 5.81. The van der Waals surface area contributed by atoms with Crippen LogP contribution < -0.4 is 11.1 Å². The van der Waals surface area contributed by atoms with Crippen molar-refractivity contribution in [3.63, 3.8) is 0 Å². The third-order valence-corrected chi connectivity index (χ3v) is 3.64. The fraction of sp³-hybridized carbons (Fsp3) is 0.929. The van der Waals surface area contributed by atoms with Crippen molar-refractivity contribution < 1.29 is 14.3 Å². The first kappa shape index (κ1) is 16.4. The summed E-state index contributed by atoms with van der Waals surface area (Å²) in [5.41, 5.74) is 5.52. The quantitative estimate of drug-likeness (QED) is 0.696. The Labute approximate surface area is 116 Å². The number of rotatable bonds is 8. The molecular formula is C14H28N2O3. The molecule has 1 rings (SSSR count). The number of hydrogen-bond donors (Lipinski definition) is 2. The van der Waals surface area contributed by atoms with E-state index < -0.39 is 6.04 Å². The van der Waals surface area contributed by atoms with Crippen LogP contribution in [0.4, 0.5) is 0 Å². The summed E-state index contributed by atoms with van der Waals surface area (Å²) in [4.78, 5) is 11.8. The van der Waals surface area contributed by atoms with Gasteiger partial charge >= 0.3 is 0 Å². The highest BCUT2D eigenvalue weighted by Gasteiger charge is 2.33. The molecule has 1 atom stereocenters. The Morgan fingerprint density at radius 3 is 2.63 bits per heavy atom. The van der Waals surface area contributed by atoms with Crippen molar-refractivity contribution in [2.24, 2.45) is 5.73 Å². The predicted molar refractivity (Wildman–Crippen MR) is 74.9 cm³/mol. The summed E-state index contributed by atoms with van der Waals surface area (Å²) < 4.78 is 10.9. The number of carbonyl (C=O) groups excluding carboxylic acids is 1. The van der Waals surface area contributed by atoms with Crippen molar-refractivity contribution in [2.75, 3.05) is 26.9 Å². The maximum Gasteiger partial charge on any atom is 0.239 e. The third-order valence-electron chi connectivity index (χ3n) is 3.64. The van der Waals surface area contributed by atoms with Crippen molar-refractivity contribution in [1.29, 1.82) is 0 Å². The number of nitrogens with two attached hydrogens (primary N) is 1. The molecule has 3 N–H and O–H groups in total. The Morgan fingerprint density at radius 2 is 2.05 bits per heavy atom. The summed E-state index contributed by atoms with van der Waals surface area (Å²) in [5, 5.41) is 2.92. The van der Waals surface area contributed by atoms with Crippen LogP contribution in [0.1, 0.15) is 45.4 Å². The fourth-order valence-corrected chi connectivity index (χ4v) is 2.52. The molecule has 0 aromatic carbocycles. The van der Waals surface area contributed by atoms with E-state index in [1.165, 1.54) is 19.3 Å². The molecule has 5 heteroatoms. The second-order valence-corrected chi connectivity index (χ2v) is 5.37. The van der Waals surface area contributed by atoms with Crippen LogP contribution in [0, 0.1) is 0 Å². The maximum absolute atomic E-state index is 11.8. The van der Waals surface area contributed by atoms with Crippen LogP contribution in [0.3, 0.4) is 0 Å². The molecule has 0 saturated heterocycles. The van der Waals surface area contributed by atoms with Gasteiger partial charge in [-0.25, -0.2) is 0 Å². The molecule has 1 fully saturated rings. The van der Waals surface area contributed by atoms with Gasteiger partial charge in [0.15, 0.2) is 0 Å². The molecule has 5 nitrogen and oxygen atoms in total.